The van der Waals surface area contributed by atoms with Crippen LogP contribution < -0.4 is 0 Å². The number of aliphatic hydroxyl groups excluding tert-OH is 1. The van der Waals surface area contributed by atoms with Crippen molar-refractivity contribution in [1.82, 2.24) is 0 Å². The molecule has 4 saturated carbocycles. The molecule has 0 bridgehead atoms. The molecule has 0 radical (unpaired) electrons. The van der Waals surface area contributed by atoms with Gasteiger partial charge in [-0.2, -0.15) is 0 Å². The zero-order valence-corrected chi connectivity index (χ0v) is 22.3. The SMILES string of the molecule is CC(O)[C@@H]1CC2=CC[C@@H]3C[C@@H]3[C@]2(C)[C@H]2CC[C@]3(CO[Si](C)(C)C(C)(C)C)CCC[C@H]3[C@H]12. The molecule has 5 aliphatic carbocycles. The predicted molar refractivity (Wildman–Crippen MR) is 131 cm³/mol. The third kappa shape index (κ3) is 3.30. The maximum absolute atomic E-state index is 11.0. The van der Waals surface area contributed by atoms with Gasteiger partial charge in [0.2, 0.25) is 0 Å². The summed E-state index contributed by atoms with van der Waals surface area (Å²) in [5, 5.41) is 11.3. The second-order valence-corrected chi connectivity index (χ2v) is 18.9. The summed E-state index contributed by atoms with van der Waals surface area (Å²) < 4.78 is 6.94. The van der Waals surface area contributed by atoms with Gasteiger partial charge in [0.25, 0.3) is 0 Å². The van der Waals surface area contributed by atoms with Gasteiger partial charge in [-0.1, -0.05) is 45.8 Å². The molecule has 2 nitrogen and oxygen atoms in total. The molecule has 0 aromatic carbocycles. The maximum atomic E-state index is 11.0. The van der Waals surface area contributed by atoms with Crippen LogP contribution in [0.15, 0.2) is 11.6 Å². The fourth-order valence-electron chi connectivity index (χ4n) is 8.77. The van der Waals surface area contributed by atoms with Crippen LogP contribution in [0.1, 0.15) is 86.0 Å². The highest BCUT2D eigenvalue weighted by Crippen LogP contribution is 2.72. The summed E-state index contributed by atoms with van der Waals surface area (Å²) in [6.45, 7) is 17.7. The topological polar surface area (TPSA) is 29.5 Å². The molecule has 0 spiro atoms. The van der Waals surface area contributed by atoms with Gasteiger partial charge in [0.05, 0.1) is 6.10 Å². The average molecular weight is 445 g/mol. The normalized spacial score (nSPS) is 47.5. The summed E-state index contributed by atoms with van der Waals surface area (Å²) in [4.78, 5) is 0. The predicted octanol–water partition coefficient (Wildman–Crippen LogP) is 7.19. The largest absolute Gasteiger partial charge is 0.416 e. The van der Waals surface area contributed by atoms with Crippen LogP contribution in [-0.2, 0) is 4.43 Å². The van der Waals surface area contributed by atoms with Crippen LogP contribution in [-0.4, -0.2) is 26.1 Å². The Morgan fingerprint density at radius 3 is 2.58 bits per heavy atom. The second-order valence-electron chi connectivity index (χ2n) is 14.1. The van der Waals surface area contributed by atoms with Crippen molar-refractivity contribution in [1.29, 1.82) is 0 Å². The summed E-state index contributed by atoms with van der Waals surface area (Å²) in [5.41, 5.74) is 2.54. The molecular formula is C28H48O2Si. The number of allylic oxidation sites excluding steroid dienone is 2. The van der Waals surface area contributed by atoms with Gasteiger partial charge in [-0.3, -0.25) is 0 Å². The van der Waals surface area contributed by atoms with Crippen LogP contribution in [0.3, 0.4) is 0 Å². The molecule has 1 N–H and O–H groups in total. The molecule has 0 amide bonds. The van der Waals surface area contributed by atoms with Gasteiger partial charge < -0.3 is 9.53 Å². The summed E-state index contributed by atoms with van der Waals surface area (Å²) >= 11 is 0. The van der Waals surface area contributed by atoms with E-state index in [0.717, 1.165) is 36.7 Å². The molecule has 9 atom stereocenters. The Kier molecular flexibility index (Phi) is 5.25. The van der Waals surface area contributed by atoms with E-state index >= 15 is 0 Å². The van der Waals surface area contributed by atoms with Crippen molar-refractivity contribution < 1.29 is 9.53 Å². The molecule has 1 unspecified atom stereocenters. The third-order valence-electron chi connectivity index (χ3n) is 11.8. The fraction of sp³-hybridized carbons (Fsp3) is 0.929. The Morgan fingerprint density at radius 2 is 1.90 bits per heavy atom. The molecule has 5 aliphatic rings. The molecule has 4 fully saturated rings. The van der Waals surface area contributed by atoms with Crippen molar-refractivity contribution in [2.45, 2.75) is 110 Å². The van der Waals surface area contributed by atoms with Crippen molar-refractivity contribution in [3.63, 3.8) is 0 Å². The Bertz CT molecular complexity index is 749. The van der Waals surface area contributed by atoms with Crippen molar-refractivity contribution in [2.75, 3.05) is 6.61 Å². The van der Waals surface area contributed by atoms with E-state index in [2.05, 4.69) is 53.8 Å². The van der Waals surface area contributed by atoms with E-state index < -0.39 is 8.32 Å². The molecule has 0 heterocycles. The molecule has 0 aromatic rings. The minimum Gasteiger partial charge on any atom is -0.416 e. The van der Waals surface area contributed by atoms with Crippen LogP contribution in [0.25, 0.3) is 0 Å². The fourth-order valence-corrected chi connectivity index (χ4v) is 9.86. The molecule has 5 rings (SSSR count). The quantitative estimate of drug-likeness (QED) is 0.367. The second kappa shape index (κ2) is 7.19. The lowest BCUT2D eigenvalue weighted by Gasteiger charge is -2.61. The lowest BCUT2D eigenvalue weighted by molar-refractivity contribution is -0.114. The Morgan fingerprint density at radius 1 is 1.16 bits per heavy atom. The van der Waals surface area contributed by atoms with E-state index in [4.69, 9.17) is 4.43 Å². The molecule has 31 heavy (non-hydrogen) atoms. The lowest BCUT2D eigenvalue weighted by atomic mass is 9.44. The van der Waals surface area contributed by atoms with Crippen molar-refractivity contribution in [3.8, 4) is 0 Å². The highest BCUT2D eigenvalue weighted by atomic mass is 28.4. The minimum atomic E-state index is -1.74. The Labute approximate surface area is 192 Å². The number of fused-ring (bicyclic) bond motifs is 7. The van der Waals surface area contributed by atoms with Crippen LogP contribution in [0.5, 0.6) is 0 Å². The zero-order valence-electron chi connectivity index (χ0n) is 21.3. The van der Waals surface area contributed by atoms with Gasteiger partial charge >= 0.3 is 0 Å². The lowest BCUT2D eigenvalue weighted by Crippen LogP contribution is -2.57. The van der Waals surface area contributed by atoms with E-state index in [1.54, 1.807) is 5.57 Å². The average Bonchev–Trinajstić information content (AvgIpc) is 3.36. The van der Waals surface area contributed by atoms with Gasteiger partial charge in [0, 0.05) is 6.61 Å². The molecular weight excluding hydrogens is 396 g/mol. The number of rotatable bonds is 4. The number of hydrogen-bond acceptors (Lipinski definition) is 2. The number of aliphatic hydroxyl groups is 1. The first kappa shape index (κ1) is 22.7. The van der Waals surface area contributed by atoms with Gasteiger partial charge in [-0.15, -0.1) is 0 Å². The van der Waals surface area contributed by atoms with Crippen molar-refractivity contribution in [2.24, 2.45) is 46.3 Å². The summed E-state index contributed by atoms with van der Waals surface area (Å²) in [7, 11) is -1.74. The van der Waals surface area contributed by atoms with Crippen LogP contribution in [0, 0.1) is 46.3 Å². The first-order valence-electron chi connectivity index (χ1n) is 13.4. The Balaban J connectivity index is 1.46. The van der Waals surface area contributed by atoms with Crippen molar-refractivity contribution >= 4 is 8.32 Å². The van der Waals surface area contributed by atoms with Crippen molar-refractivity contribution in [3.05, 3.63) is 11.6 Å². The minimum absolute atomic E-state index is 0.187. The highest BCUT2D eigenvalue weighted by molar-refractivity contribution is 6.74. The first-order chi connectivity index (χ1) is 14.4. The summed E-state index contributed by atoms with van der Waals surface area (Å²) in [6.07, 6.45) is 13.2. The first-order valence-corrected chi connectivity index (χ1v) is 16.3. The number of hydrogen-bond donors (Lipinski definition) is 1. The van der Waals surface area contributed by atoms with Gasteiger partial charge in [0.15, 0.2) is 8.32 Å². The smallest absolute Gasteiger partial charge is 0.192 e. The van der Waals surface area contributed by atoms with Gasteiger partial charge in [-0.25, -0.2) is 0 Å². The van der Waals surface area contributed by atoms with E-state index in [0.29, 0.717) is 22.7 Å². The molecule has 3 heteroatoms. The monoisotopic (exact) mass is 444 g/mol. The molecule has 0 saturated heterocycles. The van der Waals surface area contributed by atoms with Gasteiger partial charge in [-0.05, 0) is 116 Å². The summed E-state index contributed by atoms with van der Waals surface area (Å²) in [5.74, 6) is 4.60. The maximum Gasteiger partial charge on any atom is 0.192 e. The van der Waals surface area contributed by atoms with Crippen LogP contribution in [0.4, 0.5) is 0 Å². The van der Waals surface area contributed by atoms with E-state index in [1.807, 2.05) is 0 Å². The van der Waals surface area contributed by atoms with Gasteiger partial charge in [0.1, 0.15) is 0 Å². The van der Waals surface area contributed by atoms with Crippen LogP contribution >= 0.6 is 0 Å². The Hall–Kier alpha value is -0.123. The standard InChI is InChI=1S/C28H48O2Si/c1-18(29)21-16-20-11-10-19-15-24(19)27(20,5)22-12-14-28(13-8-9-23(28)25(21)22)17-30-31(6,7)26(2,3)4/h11,18-19,21-25,29H,8-10,12-17H2,1-7H3/t18?,19-,21+,22+,23+,24+,25-,27+,28+/m1/s1. The summed E-state index contributed by atoms with van der Waals surface area (Å²) in [6, 6.07) is 0. The van der Waals surface area contributed by atoms with E-state index in [1.165, 1.54) is 44.9 Å². The zero-order chi connectivity index (χ0) is 22.4. The third-order valence-corrected chi connectivity index (χ3v) is 16.3. The molecule has 176 valence electrons. The van der Waals surface area contributed by atoms with E-state index in [-0.39, 0.29) is 11.1 Å². The molecule has 0 aliphatic heterocycles. The highest BCUT2D eigenvalue weighted by Gasteiger charge is 2.66. The van der Waals surface area contributed by atoms with E-state index in [9.17, 15) is 5.11 Å². The molecule has 0 aromatic heterocycles. The van der Waals surface area contributed by atoms with Crippen LogP contribution in [0.2, 0.25) is 18.1 Å².